The van der Waals surface area contributed by atoms with Gasteiger partial charge in [-0.2, -0.15) is 0 Å². The summed E-state index contributed by atoms with van der Waals surface area (Å²) in [4.78, 5) is 37.2. The van der Waals surface area contributed by atoms with E-state index in [1.54, 1.807) is 13.2 Å². The molecule has 8 bridgehead atoms. The molecule has 1 unspecified atom stereocenters. The smallest absolute Gasteiger partial charge is 0.290 e. The molecule has 0 saturated carbocycles. The molecule has 0 fully saturated rings. The van der Waals surface area contributed by atoms with E-state index in [-0.39, 0.29) is 29.7 Å². The van der Waals surface area contributed by atoms with Crippen molar-refractivity contribution in [1.82, 2.24) is 10.2 Å². The van der Waals surface area contributed by atoms with Crippen LogP contribution in [0.15, 0.2) is 72.8 Å². The van der Waals surface area contributed by atoms with Crippen LogP contribution in [0.5, 0.6) is 28.7 Å². The van der Waals surface area contributed by atoms with Gasteiger partial charge in [0, 0.05) is 18.7 Å². The van der Waals surface area contributed by atoms with Gasteiger partial charge in [0.25, 0.3) is 18.3 Å². The number of ether oxygens (including phenoxy) is 3. The second-order valence-corrected chi connectivity index (χ2v) is 11.1. The molecule has 0 aliphatic carbocycles. The van der Waals surface area contributed by atoms with E-state index in [0.29, 0.717) is 61.1 Å². The number of rotatable bonds is 2. The Morgan fingerprint density at radius 1 is 1.00 bits per heavy atom. The van der Waals surface area contributed by atoms with Gasteiger partial charge >= 0.3 is 0 Å². The van der Waals surface area contributed by atoms with Gasteiger partial charge in [0.05, 0.1) is 25.3 Å². The minimum Gasteiger partial charge on any atom is -0.507 e. The summed E-state index contributed by atoms with van der Waals surface area (Å²) in [7, 11) is 1.59. The van der Waals surface area contributed by atoms with Crippen molar-refractivity contribution in [2.45, 2.75) is 32.7 Å². The molecule has 0 saturated heterocycles. The molecule has 10 nitrogen and oxygen atoms in total. The number of aryl methyl sites for hydroxylation is 2. The average molecular weight is 625 g/mol. The van der Waals surface area contributed by atoms with Crippen LogP contribution in [-0.4, -0.2) is 60.2 Å². The van der Waals surface area contributed by atoms with Crippen molar-refractivity contribution < 1.29 is 38.8 Å². The fourth-order valence-electron chi connectivity index (χ4n) is 5.93. The second-order valence-electron chi connectivity index (χ2n) is 11.1. The molecular formula is C36H36N2O8. The van der Waals surface area contributed by atoms with Gasteiger partial charge in [-0.1, -0.05) is 29.3 Å². The Morgan fingerprint density at radius 3 is 2.46 bits per heavy atom. The zero-order valence-electron chi connectivity index (χ0n) is 25.9. The standard InChI is InChI=1S/C35H34N2O6.CH2O2/c1-21-15-22(2)17-25(16-21)35(40)37-13-11-23-18-26-6-8-28(23)33(37)24-5-10-31(41-3)32(19-24)42-14-4-12-36-34(39)29-20-27(43-26)7-9-30(29)38;2-1-3/h5-10,15-20,33,38H,4,11-14H2,1-3H3,(H,36,39);1H,(H,2,3). The number of fused-ring (bicyclic) bond motifs is 6. The largest absolute Gasteiger partial charge is 0.507 e. The molecule has 4 aromatic carbocycles. The van der Waals surface area contributed by atoms with E-state index in [2.05, 4.69) is 11.4 Å². The topological polar surface area (TPSA) is 135 Å². The van der Waals surface area contributed by atoms with Gasteiger partial charge in [0.1, 0.15) is 17.2 Å². The summed E-state index contributed by atoms with van der Waals surface area (Å²) in [6.07, 6.45) is 1.17. The lowest BCUT2D eigenvalue weighted by molar-refractivity contribution is -0.122. The van der Waals surface area contributed by atoms with Crippen molar-refractivity contribution >= 4 is 18.3 Å². The fraction of sp³-hybridized carbons (Fsp3) is 0.250. The number of phenolic OH excluding ortho intramolecular Hbond substituents is 1. The van der Waals surface area contributed by atoms with E-state index < -0.39 is 5.91 Å². The molecule has 3 aliphatic rings. The molecule has 3 heterocycles. The molecule has 1 atom stereocenters. The maximum atomic E-state index is 14.1. The van der Waals surface area contributed by atoms with Gasteiger partial charge in [-0.25, -0.2) is 0 Å². The highest BCUT2D eigenvalue weighted by Gasteiger charge is 2.34. The summed E-state index contributed by atoms with van der Waals surface area (Å²) in [6.45, 7) is 4.94. The number of aromatic hydroxyl groups is 1. The van der Waals surface area contributed by atoms with Crippen molar-refractivity contribution in [3.05, 3.63) is 112 Å². The van der Waals surface area contributed by atoms with Crippen LogP contribution in [0.1, 0.15) is 61.0 Å². The van der Waals surface area contributed by atoms with Gasteiger partial charge in [-0.05, 0) is 98.0 Å². The first kappa shape index (κ1) is 31.9. The van der Waals surface area contributed by atoms with Crippen molar-refractivity contribution in [2.24, 2.45) is 0 Å². The molecule has 46 heavy (non-hydrogen) atoms. The monoisotopic (exact) mass is 624 g/mol. The van der Waals surface area contributed by atoms with Crippen molar-refractivity contribution in [3.8, 4) is 28.7 Å². The first-order valence-corrected chi connectivity index (χ1v) is 14.9. The maximum absolute atomic E-state index is 14.1. The Morgan fingerprint density at radius 2 is 1.72 bits per heavy atom. The van der Waals surface area contributed by atoms with Crippen LogP contribution in [0.25, 0.3) is 0 Å². The Labute approximate surface area is 267 Å². The Hall–Kier alpha value is -5.51. The van der Waals surface area contributed by atoms with Crippen molar-refractivity contribution in [2.75, 3.05) is 26.8 Å². The second kappa shape index (κ2) is 14.1. The Bertz CT molecular complexity index is 1750. The number of benzene rings is 4. The molecule has 7 rings (SSSR count). The number of carbonyl (C=O) groups excluding carboxylic acids is 2. The fourth-order valence-corrected chi connectivity index (χ4v) is 5.93. The predicted molar refractivity (Wildman–Crippen MR) is 171 cm³/mol. The maximum Gasteiger partial charge on any atom is 0.290 e. The lowest BCUT2D eigenvalue weighted by Crippen LogP contribution is -2.40. The molecule has 0 aromatic heterocycles. The third-order valence-corrected chi connectivity index (χ3v) is 7.89. The van der Waals surface area contributed by atoms with Crippen LogP contribution in [0, 0.1) is 13.8 Å². The number of carbonyl (C=O) groups is 3. The van der Waals surface area contributed by atoms with E-state index in [0.717, 1.165) is 27.8 Å². The van der Waals surface area contributed by atoms with Crippen LogP contribution in [0.3, 0.4) is 0 Å². The minimum absolute atomic E-state index is 0.0319. The highest BCUT2D eigenvalue weighted by molar-refractivity contribution is 5.97. The third kappa shape index (κ3) is 6.91. The average Bonchev–Trinajstić information content (AvgIpc) is 3.04. The number of carboxylic acid groups (broad SMARTS) is 1. The number of phenols is 1. The normalized spacial score (nSPS) is 15.5. The number of nitrogens with zero attached hydrogens (tertiary/aromatic N) is 1. The SMILES string of the molecule is COc1ccc2cc1OCCCNC(=O)c1cc(ccc1O)Oc1ccc3c(c1)CCN(C(=O)c1cc(C)cc(C)c1)C23.O=CO. The van der Waals surface area contributed by atoms with Gasteiger partial charge < -0.3 is 34.6 Å². The van der Waals surface area contributed by atoms with Gasteiger partial charge in [0.2, 0.25) is 0 Å². The third-order valence-electron chi connectivity index (χ3n) is 7.89. The summed E-state index contributed by atoms with van der Waals surface area (Å²) in [5.41, 5.74) is 5.84. The zero-order chi connectivity index (χ0) is 32.8. The quantitative estimate of drug-likeness (QED) is 0.238. The summed E-state index contributed by atoms with van der Waals surface area (Å²) < 4.78 is 17.9. The number of methoxy groups -OCH3 is 1. The van der Waals surface area contributed by atoms with Gasteiger partial charge in [-0.3, -0.25) is 14.4 Å². The minimum atomic E-state index is -0.398. The first-order chi connectivity index (χ1) is 22.2. The van der Waals surface area contributed by atoms with E-state index in [9.17, 15) is 14.7 Å². The van der Waals surface area contributed by atoms with Crippen LogP contribution in [-0.2, 0) is 11.2 Å². The highest BCUT2D eigenvalue weighted by atomic mass is 16.5. The molecule has 2 amide bonds. The van der Waals surface area contributed by atoms with E-state index in [1.807, 2.05) is 67.3 Å². The Balaban J connectivity index is 0.00000134. The number of amides is 2. The molecule has 0 spiro atoms. The zero-order valence-corrected chi connectivity index (χ0v) is 25.9. The summed E-state index contributed by atoms with van der Waals surface area (Å²) in [6, 6.07) is 21.8. The molecule has 3 aliphatic heterocycles. The van der Waals surface area contributed by atoms with Crippen LogP contribution in [0.4, 0.5) is 0 Å². The molecule has 238 valence electrons. The van der Waals surface area contributed by atoms with Crippen molar-refractivity contribution in [1.29, 1.82) is 0 Å². The van der Waals surface area contributed by atoms with E-state index in [4.69, 9.17) is 24.1 Å². The molecular weight excluding hydrogens is 588 g/mol. The van der Waals surface area contributed by atoms with Crippen LogP contribution < -0.4 is 19.5 Å². The number of hydrogen-bond donors (Lipinski definition) is 3. The van der Waals surface area contributed by atoms with Gasteiger partial charge in [-0.15, -0.1) is 0 Å². The number of hydrogen-bond acceptors (Lipinski definition) is 7. The lowest BCUT2D eigenvalue weighted by atomic mass is 9.87. The highest BCUT2D eigenvalue weighted by Crippen LogP contribution is 2.41. The summed E-state index contributed by atoms with van der Waals surface area (Å²) in [5.74, 6) is 1.62. The predicted octanol–water partition coefficient (Wildman–Crippen LogP) is 5.81. The molecule has 10 heteroatoms. The van der Waals surface area contributed by atoms with Crippen molar-refractivity contribution in [3.63, 3.8) is 0 Å². The first-order valence-electron chi connectivity index (χ1n) is 14.9. The molecule has 3 N–H and O–H groups in total. The molecule has 0 radical (unpaired) electrons. The van der Waals surface area contributed by atoms with Crippen LogP contribution >= 0.6 is 0 Å². The summed E-state index contributed by atoms with van der Waals surface area (Å²) >= 11 is 0. The molecule has 4 aromatic rings. The van der Waals surface area contributed by atoms with Gasteiger partial charge in [0.15, 0.2) is 11.5 Å². The van der Waals surface area contributed by atoms with Crippen LogP contribution in [0.2, 0.25) is 0 Å². The Kier molecular flexibility index (Phi) is 9.76. The lowest BCUT2D eigenvalue weighted by Gasteiger charge is -2.38. The number of nitrogens with one attached hydrogen (secondary N) is 1. The van der Waals surface area contributed by atoms with E-state index >= 15 is 0 Å². The van der Waals surface area contributed by atoms with E-state index in [1.165, 1.54) is 12.1 Å². The summed E-state index contributed by atoms with van der Waals surface area (Å²) in [5, 5.41) is 20.1.